The average molecular weight is 482 g/mol. The van der Waals surface area contributed by atoms with Crippen LogP contribution in [0.5, 0.6) is 0 Å². The second kappa shape index (κ2) is 9.82. The van der Waals surface area contributed by atoms with Gasteiger partial charge in [-0.15, -0.1) is 0 Å². The van der Waals surface area contributed by atoms with Crippen molar-refractivity contribution in [3.63, 3.8) is 0 Å². The van der Waals surface area contributed by atoms with Crippen LogP contribution >= 0.6 is 0 Å². The second-order valence-electron chi connectivity index (χ2n) is 9.07. The maximum absolute atomic E-state index is 5.16. The molecule has 2 aliphatic rings. The number of rotatable bonds is 7. The molecule has 182 valence electrons. The molecule has 4 aromatic rings. The van der Waals surface area contributed by atoms with Gasteiger partial charge < -0.3 is 15.5 Å². The normalized spacial score (nSPS) is 16.3. The van der Waals surface area contributed by atoms with Crippen molar-refractivity contribution in [2.24, 2.45) is 9.98 Å². The molecule has 10 nitrogen and oxygen atoms in total. The summed E-state index contributed by atoms with van der Waals surface area (Å²) >= 11 is 0. The zero-order valence-corrected chi connectivity index (χ0v) is 19.9. The highest BCUT2D eigenvalue weighted by Crippen LogP contribution is 2.43. The summed E-state index contributed by atoms with van der Waals surface area (Å²) in [6, 6.07) is 9.68. The predicted molar refractivity (Wildman–Crippen MR) is 139 cm³/mol. The highest BCUT2D eigenvalue weighted by molar-refractivity contribution is 6.04. The van der Waals surface area contributed by atoms with Gasteiger partial charge in [0.15, 0.2) is 0 Å². The molecule has 0 unspecified atom stereocenters. The molecule has 0 atom stereocenters. The summed E-state index contributed by atoms with van der Waals surface area (Å²) in [7, 11) is 0. The number of aliphatic imine (C=N–C) groups is 2. The Hall–Kier alpha value is -4.18. The Morgan fingerprint density at radius 3 is 2.81 bits per heavy atom. The fourth-order valence-electron chi connectivity index (χ4n) is 4.56. The lowest BCUT2D eigenvalue weighted by Gasteiger charge is -2.32. The van der Waals surface area contributed by atoms with Crippen LogP contribution in [-0.4, -0.2) is 63.9 Å². The van der Waals surface area contributed by atoms with Crippen molar-refractivity contribution < 1.29 is 4.63 Å². The minimum Gasteiger partial charge on any atom is -0.354 e. The molecule has 10 heteroatoms. The van der Waals surface area contributed by atoms with Crippen molar-refractivity contribution in [2.45, 2.75) is 25.3 Å². The van der Waals surface area contributed by atoms with Crippen molar-refractivity contribution >= 4 is 40.8 Å². The van der Waals surface area contributed by atoms with Crippen LogP contribution in [0.15, 0.2) is 63.5 Å². The fourth-order valence-corrected chi connectivity index (χ4v) is 4.56. The van der Waals surface area contributed by atoms with E-state index in [2.05, 4.69) is 47.5 Å². The van der Waals surface area contributed by atoms with Gasteiger partial charge in [0.1, 0.15) is 22.7 Å². The van der Waals surface area contributed by atoms with Crippen LogP contribution < -0.4 is 10.6 Å². The number of nitrogens with zero attached hydrogens (tertiary/aromatic N) is 7. The zero-order chi connectivity index (χ0) is 24.3. The Morgan fingerprint density at radius 2 is 1.97 bits per heavy atom. The molecule has 0 radical (unpaired) electrons. The Balaban J connectivity index is 1.30. The summed E-state index contributed by atoms with van der Waals surface area (Å²) in [6.45, 7) is 7.97. The van der Waals surface area contributed by atoms with Crippen molar-refractivity contribution in [1.29, 1.82) is 0 Å². The molecule has 4 heterocycles. The molecule has 36 heavy (non-hydrogen) atoms. The van der Waals surface area contributed by atoms with Crippen LogP contribution in [0.3, 0.4) is 0 Å². The van der Waals surface area contributed by atoms with Crippen LogP contribution in [0.25, 0.3) is 11.0 Å². The first kappa shape index (κ1) is 22.3. The smallest absolute Gasteiger partial charge is 0.137 e. The topological polar surface area (TPSA) is 117 Å². The minimum atomic E-state index is 0.520. The Morgan fingerprint density at radius 1 is 1.11 bits per heavy atom. The number of benzene rings is 1. The van der Waals surface area contributed by atoms with E-state index in [1.165, 1.54) is 18.4 Å². The third kappa shape index (κ3) is 4.67. The Kier molecular flexibility index (Phi) is 6.08. The van der Waals surface area contributed by atoms with E-state index >= 15 is 0 Å². The summed E-state index contributed by atoms with van der Waals surface area (Å²) in [4.78, 5) is 20.8. The van der Waals surface area contributed by atoms with E-state index in [1.54, 1.807) is 12.4 Å². The van der Waals surface area contributed by atoms with E-state index in [-0.39, 0.29) is 0 Å². The van der Waals surface area contributed by atoms with Gasteiger partial charge in [-0.05, 0) is 77.2 Å². The van der Waals surface area contributed by atoms with Crippen LogP contribution in [0.4, 0.5) is 17.2 Å². The molecule has 3 aromatic heterocycles. The first-order chi connectivity index (χ1) is 17.8. The van der Waals surface area contributed by atoms with E-state index < -0.39 is 0 Å². The van der Waals surface area contributed by atoms with E-state index in [1.807, 2.05) is 36.5 Å². The summed E-state index contributed by atoms with van der Waals surface area (Å²) < 4.78 is 4.79. The lowest BCUT2D eigenvalue weighted by Crippen LogP contribution is -2.47. The first-order valence-electron chi connectivity index (χ1n) is 12.2. The van der Waals surface area contributed by atoms with E-state index in [0.717, 1.165) is 60.3 Å². The second-order valence-corrected chi connectivity index (χ2v) is 9.07. The standard InChI is InChI=1S/C26H27N9O/c1-27-23-16-29-15-20(18-2-3-18)25(23)26(35-10-8-28-9-11-35)31-14-17-6-7-30-24(12-17)32-19-4-5-21-22(13-19)34-36-33-21/h4-7,12-13,15-16,18,28H,1-3,8-11,14H2,(H,30,32)/b31-26+. The molecule has 6 rings (SSSR count). The first-order valence-corrected chi connectivity index (χ1v) is 12.2. The molecule has 0 bridgehead atoms. The summed E-state index contributed by atoms with van der Waals surface area (Å²) in [5, 5.41) is 14.5. The van der Waals surface area contributed by atoms with Crippen LogP contribution in [0.1, 0.15) is 35.4 Å². The number of aromatic nitrogens is 4. The maximum Gasteiger partial charge on any atom is 0.137 e. The van der Waals surface area contributed by atoms with Gasteiger partial charge in [-0.1, -0.05) is 0 Å². The van der Waals surface area contributed by atoms with Gasteiger partial charge in [0.2, 0.25) is 0 Å². The summed E-state index contributed by atoms with van der Waals surface area (Å²) in [6.07, 6.45) is 7.93. The van der Waals surface area contributed by atoms with Gasteiger partial charge in [0.05, 0.1) is 18.4 Å². The molecular weight excluding hydrogens is 454 g/mol. The number of hydrogen-bond acceptors (Lipinski definition) is 9. The largest absolute Gasteiger partial charge is 0.354 e. The van der Waals surface area contributed by atoms with E-state index in [4.69, 9.17) is 9.62 Å². The van der Waals surface area contributed by atoms with Crippen molar-refractivity contribution in [1.82, 2.24) is 30.5 Å². The number of hydrogen-bond donors (Lipinski definition) is 2. The van der Waals surface area contributed by atoms with E-state index in [9.17, 15) is 0 Å². The highest BCUT2D eigenvalue weighted by atomic mass is 16.6. The molecule has 0 amide bonds. The number of fused-ring (bicyclic) bond motifs is 1. The van der Waals surface area contributed by atoms with Gasteiger partial charge >= 0.3 is 0 Å². The van der Waals surface area contributed by atoms with Crippen LogP contribution in [0.2, 0.25) is 0 Å². The number of anilines is 2. The summed E-state index contributed by atoms with van der Waals surface area (Å²) in [5.41, 5.74) is 6.42. The third-order valence-electron chi connectivity index (χ3n) is 6.54. The fraction of sp³-hybridized carbons (Fsp3) is 0.308. The number of pyridine rings is 2. The minimum absolute atomic E-state index is 0.520. The SMILES string of the molecule is C=Nc1cncc(C2CC2)c1/C(=N\Cc1ccnc(Nc2ccc3nonc3c2)c1)N1CCNCC1. The van der Waals surface area contributed by atoms with Crippen LogP contribution in [-0.2, 0) is 6.54 Å². The number of nitrogens with one attached hydrogen (secondary N) is 2. The number of piperazine rings is 1. The monoisotopic (exact) mass is 481 g/mol. The average Bonchev–Trinajstić information content (AvgIpc) is 3.66. The number of amidine groups is 1. The zero-order valence-electron chi connectivity index (χ0n) is 19.9. The quantitative estimate of drug-likeness (QED) is 0.302. The molecule has 0 spiro atoms. The Labute approximate surface area is 208 Å². The predicted octanol–water partition coefficient (Wildman–Crippen LogP) is 3.82. The molecule has 1 aliphatic heterocycles. The van der Waals surface area contributed by atoms with Gasteiger partial charge in [0.25, 0.3) is 0 Å². The molecule has 1 saturated carbocycles. The van der Waals surface area contributed by atoms with Crippen molar-refractivity contribution in [3.05, 3.63) is 65.6 Å². The highest BCUT2D eigenvalue weighted by Gasteiger charge is 2.31. The van der Waals surface area contributed by atoms with Gasteiger partial charge in [0, 0.05) is 49.8 Å². The third-order valence-corrected chi connectivity index (χ3v) is 6.54. The Bertz CT molecular complexity index is 1420. The molecule has 2 fully saturated rings. The van der Waals surface area contributed by atoms with Gasteiger partial charge in [-0.3, -0.25) is 15.0 Å². The lowest BCUT2D eigenvalue weighted by atomic mass is 10.0. The van der Waals surface area contributed by atoms with Crippen molar-refractivity contribution in [3.8, 4) is 0 Å². The molecular formula is C26H27N9O. The van der Waals surface area contributed by atoms with Gasteiger partial charge in [-0.2, -0.15) is 0 Å². The molecule has 2 N–H and O–H groups in total. The maximum atomic E-state index is 5.16. The molecule has 1 aromatic carbocycles. The van der Waals surface area contributed by atoms with E-state index in [0.29, 0.717) is 23.5 Å². The van der Waals surface area contributed by atoms with Crippen molar-refractivity contribution in [2.75, 3.05) is 31.5 Å². The lowest BCUT2D eigenvalue weighted by molar-refractivity contribution is 0.315. The molecule has 1 saturated heterocycles. The van der Waals surface area contributed by atoms with Gasteiger partial charge in [-0.25, -0.2) is 9.61 Å². The molecule has 1 aliphatic carbocycles. The summed E-state index contributed by atoms with van der Waals surface area (Å²) in [5.74, 6) is 2.23. The van der Waals surface area contributed by atoms with Crippen LogP contribution in [0, 0.1) is 0 Å².